The van der Waals surface area contributed by atoms with Gasteiger partial charge in [-0.25, -0.2) is 0 Å². The summed E-state index contributed by atoms with van der Waals surface area (Å²) in [5.74, 6) is 0.851. The van der Waals surface area contributed by atoms with Crippen LogP contribution in [0.5, 0.6) is 5.75 Å². The van der Waals surface area contributed by atoms with Crippen LogP contribution in [0, 0.1) is 11.3 Å². The van der Waals surface area contributed by atoms with Crippen molar-refractivity contribution in [2.24, 2.45) is 0 Å². The Hall–Kier alpha value is -2.22. The summed E-state index contributed by atoms with van der Waals surface area (Å²) in [6.07, 6.45) is 0. The van der Waals surface area contributed by atoms with Crippen molar-refractivity contribution in [1.82, 2.24) is 4.90 Å². The summed E-state index contributed by atoms with van der Waals surface area (Å²) in [6.45, 7) is 0.643. The second-order valence-corrected chi connectivity index (χ2v) is 5.84. The molecule has 0 heterocycles. The minimum absolute atomic E-state index is 0.105. The molecule has 0 aliphatic heterocycles. The average Bonchev–Trinajstić information content (AvgIpc) is 2.56. The smallest absolute Gasteiger partial charge is 0.123 e. The van der Waals surface area contributed by atoms with Crippen LogP contribution >= 0.6 is 11.6 Å². The number of hydrogen-bond donors (Lipinski definition) is 1. The molecule has 2 aromatic rings. The number of nitrogens with one attached hydrogen (secondary N) is 1. The Labute approximate surface area is 142 Å². The lowest BCUT2D eigenvalue weighted by atomic mass is 10.0. The molecule has 0 saturated carbocycles. The first-order valence-corrected chi connectivity index (χ1v) is 7.67. The van der Waals surface area contributed by atoms with Crippen LogP contribution in [-0.4, -0.2) is 32.6 Å². The van der Waals surface area contributed by atoms with Crippen LogP contribution < -0.4 is 10.1 Å². The summed E-state index contributed by atoms with van der Waals surface area (Å²) in [4.78, 5) is 2.12. The van der Waals surface area contributed by atoms with Gasteiger partial charge in [-0.15, -0.1) is 0 Å². The zero-order valence-electron chi connectivity index (χ0n) is 13.5. The lowest BCUT2D eigenvalue weighted by molar-refractivity contribution is 0.300. The third kappa shape index (κ3) is 4.16. The quantitative estimate of drug-likeness (QED) is 0.872. The van der Waals surface area contributed by atoms with E-state index in [0.717, 1.165) is 17.0 Å². The number of para-hydroxylation sites is 1. The normalized spacial score (nSPS) is 11.8. The van der Waals surface area contributed by atoms with Crippen molar-refractivity contribution in [3.8, 4) is 11.8 Å². The Kier molecular flexibility index (Phi) is 5.86. The highest BCUT2D eigenvalue weighted by Crippen LogP contribution is 2.29. The number of halogens is 1. The zero-order chi connectivity index (χ0) is 16.8. The fourth-order valence-corrected chi connectivity index (χ4v) is 2.65. The summed E-state index contributed by atoms with van der Waals surface area (Å²) in [6, 6.07) is 15.5. The molecule has 0 fully saturated rings. The van der Waals surface area contributed by atoms with Crippen LogP contribution in [0.2, 0.25) is 5.02 Å². The number of rotatable bonds is 6. The number of benzene rings is 2. The maximum absolute atomic E-state index is 9.24. The summed E-state index contributed by atoms with van der Waals surface area (Å²) >= 11 is 5.94. The third-order valence-electron chi connectivity index (χ3n) is 3.71. The summed E-state index contributed by atoms with van der Waals surface area (Å²) in [7, 11) is 5.71. The maximum atomic E-state index is 9.24. The molecule has 0 amide bonds. The van der Waals surface area contributed by atoms with Crippen molar-refractivity contribution in [2.45, 2.75) is 6.04 Å². The van der Waals surface area contributed by atoms with E-state index < -0.39 is 0 Å². The lowest BCUT2D eigenvalue weighted by Gasteiger charge is -2.27. The second kappa shape index (κ2) is 7.87. The first kappa shape index (κ1) is 17.1. The molecule has 0 aliphatic rings. The monoisotopic (exact) mass is 329 g/mol. The largest absolute Gasteiger partial charge is 0.496 e. The predicted molar refractivity (Wildman–Crippen MR) is 94.1 cm³/mol. The fraction of sp³-hybridized carbons (Fsp3) is 0.278. The molecule has 5 heteroatoms. The van der Waals surface area contributed by atoms with Gasteiger partial charge in [-0.05, 0) is 38.4 Å². The standard InChI is InChI=1S/C18H20ClN3O/c1-22(2)17(15-6-4-5-7-18(15)23-3)12-21-16-9-8-14(19)10-13(16)11-20/h4-10,17,21H,12H2,1-3H3. The van der Waals surface area contributed by atoms with Gasteiger partial charge in [0.1, 0.15) is 11.8 Å². The van der Waals surface area contributed by atoms with Crippen LogP contribution in [0.3, 0.4) is 0 Å². The fourth-order valence-electron chi connectivity index (χ4n) is 2.48. The van der Waals surface area contributed by atoms with Gasteiger partial charge in [-0.3, -0.25) is 0 Å². The first-order chi connectivity index (χ1) is 11.1. The molecule has 1 unspecified atom stereocenters. The van der Waals surface area contributed by atoms with Crippen LogP contribution in [0.1, 0.15) is 17.2 Å². The molecule has 23 heavy (non-hydrogen) atoms. The second-order valence-electron chi connectivity index (χ2n) is 5.40. The molecule has 0 radical (unpaired) electrons. The van der Waals surface area contributed by atoms with E-state index in [4.69, 9.17) is 16.3 Å². The molecule has 0 aromatic heterocycles. The van der Waals surface area contributed by atoms with Crippen molar-refractivity contribution >= 4 is 17.3 Å². The van der Waals surface area contributed by atoms with Gasteiger partial charge < -0.3 is 15.0 Å². The van der Waals surface area contributed by atoms with E-state index in [-0.39, 0.29) is 6.04 Å². The van der Waals surface area contributed by atoms with Crippen LogP contribution in [0.15, 0.2) is 42.5 Å². The maximum Gasteiger partial charge on any atom is 0.123 e. The molecule has 2 aromatic carbocycles. The molecule has 4 nitrogen and oxygen atoms in total. The van der Waals surface area contributed by atoms with Crippen molar-refractivity contribution < 1.29 is 4.74 Å². The Morgan fingerprint density at radius 2 is 2.00 bits per heavy atom. The number of anilines is 1. The highest BCUT2D eigenvalue weighted by molar-refractivity contribution is 6.30. The van der Waals surface area contributed by atoms with Gasteiger partial charge >= 0.3 is 0 Å². The van der Waals surface area contributed by atoms with Crippen LogP contribution in [-0.2, 0) is 0 Å². The van der Waals surface area contributed by atoms with E-state index in [0.29, 0.717) is 17.1 Å². The molecule has 2 rings (SSSR count). The molecule has 1 N–H and O–H groups in total. The van der Waals surface area contributed by atoms with Crippen molar-refractivity contribution in [1.29, 1.82) is 5.26 Å². The summed E-state index contributed by atoms with van der Waals surface area (Å²) in [5, 5.41) is 13.1. The van der Waals surface area contributed by atoms with E-state index in [1.54, 1.807) is 19.2 Å². The van der Waals surface area contributed by atoms with Gasteiger partial charge in [0, 0.05) is 17.1 Å². The number of methoxy groups -OCH3 is 1. The molecular weight excluding hydrogens is 310 g/mol. The van der Waals surface area contributed by atoms with E-state index in [2.05, 4.69) is 22.4 Å². The number of hydrogen-bond acceptors (Lipinski definition) is 4. The van der Waals surface area contributed by atoms with E-state index in [9.17, 15) is 5.26 Å². The number of nitrogens with zero attached hydrogens (tertiary/aromatic N) is 2. The third-order valence-corrected chi connectivity index (χ3v) is 3.94. The molecular formula is C18H20ClN3O. The van der Waals surface area contributed by atoms with Crippen molar-refractivity contribution in [3.63, 3.8) is 0 Å². The first-order valence-electron chi connectivity index (χ1n) is 7.29. The lowest BCUT2D eigenvalue weighted by Crippen LogP contribution is -2.27. The van der Waals surface area contributed by atoms with Gasteiger partial charge in [-0.1, -0.05) is 29.8 Å². The Morgan fingerprint density at radius 1 is 1.26 bits per heavy atom. The molecule has 0 bridgehead atoms. The molecule has 120 valence electrons. The van der Waals surface area contributed by atoms with Gasteiger partial charge in [0.15, 0.2) is 0 Å². The minimum Gasteiger partial charge on any atom is -0.496 e. The number of nitriles is 1. The minimum atomic E-state index is 0.105. The highest BCUT2D eigenvalue weighted by Gasteiger charge is 2.18. The molecule has 1 atom stereocenters. The van der Waals surface area contributed by atoms with Crippen molar-refractivity contribution in [3.05, 3.63) is 58.6 Å². The highest BCUT2D eigenvalue weighted by atomic mass is 35.5. The Morgan fingerprint density at radius 3 is 2.65 bits per heavy atom. The van der Waals surface area contributed by atoms with Crippen molar-refractivity contribution in [2.75, 3.05) is 33.1 Å². The molecule has 0 saturated heterocycles. The van der Waals surface area contributed by atoms with E-state index in [1.165, 1.54) is 0 Å². The van der Waals surface area contributed by atoms with E-state index in [1.807, 2.05) is 38.4 Å². The van der Waals surface area contributed by atoms with Gasteiger partial charge in [0.2, 0.25) is 0 Å². The summed E-state index contributed by atoms with van der Waals surface area (Å²) < 4.78 is 5.46. The predicted octanol–water partition coefficient (Wildman–Crippen LogP) is 3.94. The van der Waals surface area contributed by atoms with Gasteiger partial charge in [-0.2, -0.15) is 5.26 Å². The number of likely N-dealkylation sites (N-methyl/N-ethyl adjacent to an activating group) is 1. The van der Waals surface area contributed by atoms with E-state index >= 15 is 0 Å². The zero-order valence-corrected chi connectivity index (χ0v) is 14.3. The Balaban J connectivity index is 2.23. The molecule has 0 aliphatic carbocycles. The van der Waals surface area contributed by atoms with Crippen LogP contribution in [0.25, 0.3) is 0 Å². The van der Waals surface area contributed by atoms with Gasteiger partial charge in [0.05, 0.1) is 24.4 Å². The topological polar surface area (TPSA) is 48.3 Å². The SMILES string of the molecule is COc1ccccc1C(CNc1ccc(Cl)cc1C#N)N(C)C. The Bertz CT molecular complexity index is 710. The van der Waals surface area contributed by atoms with Gasteiger partial charge in [0.25, 0.3) is 0 Å². The average molecular weight is 330 g/mol. The number of ether oxygens (including phenoxy) is 1. The summed E-state index contributed by atoms with van der Waals surface area (Å²) in [5.41, 5.74) is 2.41. The van der Waals surface area contributed by atoms with Crippen LogP contribution in [0.4, 0.5) is 5.69 Å². The molecule has 0 spiro atoms.